The second kappa shape index (κ2) is 4.38. The van der Waals surface area contributed by atoms with Gasteiger partial charge in [0.25, 0.3) is 0 Å². The van der Waals surface area contributed by atoms with Crippen molar-refractivity contribution in [3.8, 4) is 0 Å². The van der Waals surface area contributed by atoms with Crippen molar-refractivity contribution >= 4 is 11.6 Å². The molecule has 3 nitrogen and oxygen atoms in total. The number of hydrogen-bond donors (Lipinski definition) is 1. The van der Waals surface area contributed by atoms with Gasteiger partial charge < -0.3 is 9.88 Å². The van der Waals surface area contributed by atoms with E-state index in [4.69, 9.17) is 16.6 Å². The Labute approximate surface area is 101 Å². The van der Waals surface area contributed by atoms with E-state index in [9.17, 15) is 0 Å². The molecule has 1 atom stereocenters. The Bertz CT molecular complexity index is 380. The lowest BCUT2D eigenvalue weighted by molar-refractivity contribution is 0.615. The van der Waals surface area contributed by atoms with E-state index >= 15 is 0 Å². The Balaban J connectivity index is 1.94. The maximum absolute atomic E-state index is 6.46. The molecule has 1 aromatic rings. The molecule has 1 unspecified atom stereocenters. The Hall–Kier alpha value is -0.540. The monoisotopic (exact) mass is 239 g/mol. The van der Waals surface area contributed by atoms with Gasteiger partial charge in [-0.05, 0) is 32.2 Å². The average Bonchev–Trinajstić information content (AvgIpc) is 2.83. The highest BCUT2D eigenvalue weighted by molar-refractivity contribution is 6.30. The molecule has 16 heavy (non-hydrogen) atoms. The molecule has 2 aliphatic heterocycles. The van der Waals surface area contributed by atoms with E-state index in [1.54, 1.807) is 0 Å². The summed E-state index contributed by atoms with van der Waals surface area (Å²) in [5, 5.41) is 4.36. The van der Waals surface area contributed by atoms with Crippen molar-refractivity contribution in [1.29, 1.82) is 0 Å². The summed E-state index contributed by atoms with van der Waals surface area (Å²) in [4.78, 5) is 4.76. The van der Waals surface area contributed by atoms with Crippen molar-refractivity contribution < 1.29 is 0 Å². The molecule has 0 radical (unpaired) electrons. The van der Waals surface area contributed by atoms with Crippen molar-refractivity contribution in [2.45, 2.75) is 51.1 Å². The van der Waals surface area contributed by atoms with Gasteiger partial charge in [-0.25, -0.2) is 4.98 Å². The van der Waals surface area contributed by atoms with E-state index in [0.29, 0.717) is 6.04 Å². The highest BCUT2D eigenvalue weighted by Gasteiger charge is 2.25. The van der Waals surface area contributed by atoms with Gasteiger partial charge in [0.1, 0.15) is 11.0 Å². The van der Waals surface area contributed by atoms with Gasteiger partial charge in [-0.2, -0.15) is 0 Å². The molecule has 0 aromatic carbocycles. The van der Waals surface area contributed by atoms with Crippen LogP contribution in [0.2, 0.25) is 5.15 Å². The molecular formula is C12H18ClN3. The first-order valence-electron chi connectivity index (χ1n) is 6.34. The number of halogens is 1. The van der Waals surface area contributed by atoms with E-state index in [1.807, 2.05) is 0 Å². The van der Waals surface area contributed by atoms with Crippen LogP contribution < -0.4 is 5.32 Å². The number of imidazole rings is 1. The van der Waals surface area contributed by atoms with Crippen LogP contribution in [0.25, 0.3) is 0 Å². The van der Waals surface area contributed by atoms with E-state index < -0.39 is 0 Å². The van der Waals surface area contributed by atoms with Gasteiger partial charge in [-0.1, -0.05) is 18.0 Å². The molecule has 1 fully saturated rings. The molecule has 0 saturated carbocycles. The van der Waals surface area contributed by atoms with E-state index in [1.165, 1.54) is 37.9 Å². The predicted molar refractivity (Wildman–Crippen MR) is 64.8 cm³/mol. The molecule has 0 amide bonds. The highest BCUT2D eigenvalue weighted by Crippen LogP contribution is 2.31. The fourth-order valence-corrected chi connectivity index (χ4v) is 3.14. The topological polar surface area (TPSA) is 29.9 Å². The molecule has 4 heteroatoms. The smallest absolute Gasteiger partial charge is 0.133 e. The Morgan fingerprint density at radius 2 is 2.19 bits per heavy atom. The van der Waals surface area contributed by atoms with Crippen LogP contribution in [-0.2, 0) is 13.0 Å². The largest absolute Gasteiger partial charge is 0.319 e. The van der Waals surface area contributed by atoms with Crippen LogP contribution in [0.4, 0.5) is 0 Å². The number of hydrogen-bond acceptors (Lipinski definition) is 2. The van der Waals surface area contributed by atoms with Crippen LogP contribution in [0.3, 0.4) is 0 Å². The van der Waals surface area contributed by atoms with E-state index in [2.05, 4.69) is 9.88 Å². The Morgan fingerprint density at radius 1 is 1.25 bits per heavy atom. The van der Waals surface area contributed by atoms with Crippen LogP contribution >= 0.6 is 11.6 Å². The Kier molecular flexibility index (Phi) is 2.90. The number of nitrogens with zero attached hydrogens (tertiary/aromatic N) is 2. The van der Waals surface area contributed by atoms with Crippen LogP contribution in [-0.4, -0.2) is 16.1 Å². The van der Waals surface area contributed by atoms with Gasteiger partial charge in [0, 0.05) is 13.0 Å². The minimum Gasteiger partial charge on any atom is -0.319 e. The summed E-state index contributed by atoms with van der Waals surface area (Å²) in [5.74, 6) is 1.20. The third kappa shape index (κ3) is 1.76. The van der Waals surface area contributed by atoms with Crippen molar-refractivity contribution in [2.24, 2.45) is 0 Å². The summed E-state index contributed by atoms with van der Waals surface area (Å²) in [6.07, 6.45) is 7.30. The maximum atomic E-state index is 6.46. The number of fused-ring (bicyclic) bond motifs is 1. The summed E-state index contributed by atoms with van der Waals surface area (Å²) in [6, 6.07) is 0.395. The van der Waals surface area contributed by atoms with Crippen molar-refractivity contribution in [3.05, 3.63) is 16.7 Å². The number of nitrogens with one attached hydrogen (secondary N) is 1. The van der Waals surface area contributed by atoms with Crippen LogP contribution in [0.5, 0.6) is 0 Å². The summed E-state index contributed by atoms with van der Waals surface area (Å²) in [7, 11) is 0. The summed E-state index contributed by atoms with van der Waals surface area (Å²) < 4.78 is 2.23. The SMILES string of the molecule is Clc1c(C2CCCN2)nc2n1CCCCC2. The Morgan fingerprint density at radius 3 is 3.00 bits per heavy atom. The molecule has 1 saturated heterocycles. The number of aromatic nitrogens is 2. The first-order valence-corrected chi connectivity index (χ1v) is 6.72. The van der Waals surface area contributed by atoms with Crippen molar-refractivity contribution in [2.75, 3.05) is 6.54 Å². The highest BCUT2D eigenvalue weighted by atomic mass is 35.5. The molecular weight excluding hydrogens is 222 g/mol. The zero-order chi connectivity index (χ0) is 11.0. The van der Waals surface area contributed by atoms with Crippen molar-refractivity contribution in [3.63, 3.8) is 0 Å². The molecule has 1 aromatic heterocycles. The van der Waals surface area contributed by atoms with E-state index in [0.717, 1.165) is 30.4 Å². The molecule has 88 valence electrons. The third-order valence-electron chi connectivity index (χ3n) is 3.68. The average molecular weight is 240 g/mol. The molecule has 0 spiro atoms. The van der Waals surface area contributed by atoms with Crippen molar-refractivity contribution in [1.82, 2.24) is 14.9 Å². The quantitative estimate of drug-likeness (QED) is 0.817. The van der Waals surface area contributed by atoms with Gasteiger partial charge in [0.15, 0.2) is 0 Å². The van der Waals surface area contributed by atoms with E-state index in [-0.39, 0.29) is 0 Å². The fourth-order valence-electron chi connectivity index (χ4n) is 2.78. The molecule has 1 N–H and O–H groups in total. The first kappa shape index (κ1) is 10.6. The van der Waals surface area contributed by atoms with Crippen LogP contribution in [0.1, 0.15) is 49.7 Å². The fraction of sp³-hybridized carbons (Fsp3) is 0.750. The van der Waals surface area contributed by atoms with Gasteiger partial charge in [0.05, 0.1) is 11.7 Å². The molecule has 0 aliphatic carbocycles. The second-order valence-electron chi connectivity index (χ2n) is 4.82. The zero-order valence-electron chi connectivity index (χ0n) is 9.51. The minimum absolute atomic E-state index is 0.395. The normalized spacial score (nSPS) is 25.4. The first-order chi connectivity index (χ1) is 7.86. The molecule has 0 bridgehead atoms. The molecule has 2 aliphatic rings. The minimum atomic E-state index is 0.395. The van der Waals surface area contributed by atoms with Crippen LogP contribution in [0.15, 0.2) is 0 Å². The number of aryl methyl sites for hydroxylation is 1. The predicted octanol–water partition coefficient (Wildman–Crippen LogP) is 2.69. The standard InChI is InChI=1S/C12H18ClN3/c13-12-11(9-5-4-7-14-9)15-10-6-2-1-3-8-16(10)12/h9,14H,1-8H2. The summed E-state index contributed by atoms with van der Waals surface area (Å²) in [5.41, 5.74) is 1.09. The van der Waals surface area contributed by atoms with Gasteiger partial charge in [-0.15, -0.1) is 0 Å². The lowest BCUT2D eigenvalue weighted by Crippen LogP contribution is -2.13. The van der Waals surface area contributed by atoms with Gasteiger partial charge in [-0.3, -0.25) is 0 Å². The number of rotatable bonds is 1. The van der Waals surface area contributed by atoms with Gasteiger partial charge >= 0.3 is 0 Å². The lowest BCUT2D eigenvalue weighted by Gasteiger charge is -2.08. The van der Waals surface area contributed by atoms with Crippen LogP contribution in [0, 0.1) is 0 Å². The summed E-state index contributed by atoms with van der Waals surface area (Å²) >= 11 is 6.46. The maximum Gasteiger partial charge on any atom is 0.133 e. The third-order valence-corrected chi connectivity index (χ3v) is 4.08. The second-order valence-corrected chi connectivity index (χ2v) is 5.17. The zero-order valence-corrected chi connectivity index (χ0v) is 10.3. The van der Waals surface area contributed by atoms with Gasteiger partial charge in [0.2, 0.25) is 0 Å². The molecule has 3 rings (SSSR count). The summed E-state index contributed by atoms with van der Waals surface area (Å²) in [6.45, 7) is 2.15. The lowest BCUT2D eigenvalue weighted by atomic mass is 10.2. The molecule has 3 heterocycles.